The SMILES string of the molecule is CCc1ccc(OCCCC(=O)Nc2nc(-c3cccc(Br)c3)cs2)c(Br)c1. The summed E-state index contributed by atoms with van der Waals surface area (Å²) in [6, 6.07) is 14.0. The van der Waals surface area contributed by atoms with Crippen LogP contribution in [0, 0.1) is 0 Å². The van der Waals surface area contributed by atoms with E-state index in [-0.39, 0.29) is 5.91 Å². The molecule has 7 heteroatoms. The Morgan fingerprint density at radius 1 is 1.21 bits per heavy atom. The van der Waals surface area contributed by atoms with Crippen LogP contribution in [0.1, 0.15) is 25.3 Å². The van der Waals surface area contributed by atoms with Gasteiger partial charge in [-0.2, -0.15) is 0 Å². The third-order valence-electron chi connectivity index (χ3n) is 4.08. The van der Waals surface area contributed by atoms with Crippen LogP contribution >= 0.6 is 43.2 Å². The minimum absolute atomic E-state index is 0.0564. The van der Waals surface area contributed by atoms with E-state index in [1.807, 2.05) is 35.7 Å². The van der Waals surface area contributed by atoms with Crippen molar-refractivity contribution in [3.8, 4) is 17.0 Å². The minimum Gasteiger partial charge on any atom is -0.492 e. The van der Waals surface area contributed by atoms with E-state index in [1.165, 1.54) is 16.9 Å². The van der Waals surface area contributed by atoms with Crippen molar-refractivity contribution in [3.63, 3.8) is 0 Å². The largest absolute Gasteiger partial charge is 0.492 e. The first-order valence-electron chi connectivity index (χ1n) is 8.97. The van der Waals surface area contributed by atoms with Gasteiger partial charge in [-0.15, -0.1) is 11.3 Å². The lowest BCUT2D eigenvalue weighted by molar-refractivity contribution is -0.116. The molecule has 2 aromatic carbocycles. The molecule has 0 atom stereocenters. The van der Waals surface area contributed by atoms with Gasteiger partial charge in [0.2, 0.25) is 5.91 Å². The Bertz CT molecular complexity index is 959. The molecule has 1 heterocycles. The molecule has 0 aliphatic heterocycles. The van der Waals surface area contributed by atoms with Crippen LogP contribution in [-0.2, 0) is 11.2 Å². The molecular formula is C21H20Br2N2O2S. The highest BCUT2D eigenvalue weighted by Crippen LogP contribution is 2.28. The number of benzene rings is 2. The maximum atomic E-state index is 12.2. The number of carbonyl (C=O) groups is 1. The van der Waals surface area contributed by atoms with E-state index in [0.717, 1.165) is 32.4 Å². The number of hydrogen-bond donors (Lipinski definition) is 1. The highest BCUT2D eigenvalue weighted by Gasteiger charge is 2.09. The Balaban J connectivity index is 1.45. The van der Waals surface area contributed by atoms with Crippen molar-refractivity contribution in [3.05, 3.63) is 62.4 Å². The standard InChI is InChI=1S/C21H20Br2N2O2S/c1-2-14-8-9-19(17(23)11-14)27-10-4-7-20(26)25-21-24-18(13-28-21)15-5-3-6-16(22)12-15/h3,5-6,8-9,11-13H,2,4,7,10H2,1H3,(H,24,25,26). The molecule has 3 rings (SSSR count). The predicted molar refractivity (Wildman–Crippen MR) is 122 cm³/mol. The number of carbonyl (C=O) groups excluding carboxylic acids is 1. The highest BCUT2D eigenvalue weighted by atomic mass is 79.9. The lowest BCUT2D eigenvalue weighted by Crippen LogP contribution is -2.12. The number of nitrogens with one attached hydrogen (secondary N) is 1. The van der Waals surface area contributed by atoms with Gasteiger partial charge < -0.3 is 10.1 Å². The second-order valence-electron chi connectivity index (χ2n) is 6.17. The van der Waals surface area contributed by atoms with Crippen LogP contribution in [0.5, 0.6) is 5.75 Å². The van der Waals surface area contributed by atoms with Crippen molar-refractivity contribution in [2.24, 2.45) is 0 Å². The van der Waals surface area contributed by atoms with Gasteiger partial charge in [0.25, 0.3) is 0 Å². The molecule has 0 saturated carbocycles. The summed E-state index contributed by atoms with van der Waals surface area (Å²) >= 11 is 8.41. The first-order chi connectivity index (χ1) is 13.5. The normalized spacial score (nSPS) is 10.7. The van der Waals surface area contributed by atoms with E-state index in [1.54, 1.807) is 0 Å². The van der Waals surface area contributed by atoms with Gasteiger partial charge in [-0.1, -0.05) is 41.1 Å². The molecule has 0 spiro atoms. The molecule has 0 radical (unpaired) electrons. The summed E-state index contributed by atoms with van der Waals surface area (Å²) in [6.07, 6.45) is 2.01. The van der Waals surface area contributed by atoms with Crippen molar-refractivity contribution in [1.82, 2.24) is 4.98 Å². The molecule has 1 amide bonds. The number of hydrogen-bond acceptors (Lipinski definition) is 4. The lowest BCUT2D eigenvalue weighted by Gasteiger charge is -2.09. The summed E-state index contributed by atoms with van der Waals surface area (Å²) in [5.74, 6) is 0.746. The van der Waals surface area contributed by atoms with Crippen LogP contribution in [0.2, 0.25) is 0 Å². The molecule has 28 heavy (non-hydrogen) atoms. The summed E-state index contributed by atoms with van der Waals surface area (Å²) < 4.78 is 7.71. The molecule has 146 valence electrons. The van der Waals surface area contributed by atoms with E-state index in [0.29, 0.717) is 24.6 Å². The number of rotatable bonds is 8. The van der Waals surface area contributed by atoms with Gasteiger partial charge in [0.1, 0.15) is 5.75 Å². The summed E-state index contributed by atoms with van der Waals surface area (Å²) in [5.41, 5.74) is 3.12. The molecule has 0 aliphatic carbocycles. The number of aromatic nitrogens is 1. The highest BCUT2D eigenvalue weighted by molar-refractivity contribution is 9.10. The zero-order valence-corrected chi connectivity index (χ0v) is 19.4. The summed E-state index contributed by atoms with van der Waals surface area (Å²) in [6.45, 7) is 2.60. The van der Waals surface area contributed by atoms with E-state index >= 15 is 0 Å². The fourth-order valence-corrected chi connectivity index (χ4v) is 4.27. The van der Waals surface area contributed by atoms with E-state index < -0.39 is 0 Å². The lowest BCUT2D eigenvalue weighted by atomic mass is 10.2. The van der Waals surface area contributed by atoms with Gasteiger partial charge in [0.15, 0.2) is 5.13 Å². The van der Waals surface area contributed by atoms with Crippen LogP contribution in [0.25, 0.3) is 11.3 Å². The van der Waals surface area contributed by atoms with Crippen molar-refractivity contribution in [2.45, 2.75) is 26.2 Å². The van der Waals surface area contributed by atoms with E-state index in [4.69, 9.17) is 4.74 Å². The number of thiazole rings is 1. The first-order valence-corrected chi connectivity index (χ1v) is 11.4. The third kappa shape index (κ3) is 5.90. The Hall–Kier alpha value is -1.70. The predicted octanol–water partition coefficient (Wildman–Crippen LogP) is 6.70. The molecular weight excluding hydrogens is 504 g/mol. The number of halogens is 2. The smallest absolute Gasteiger partial charge is 0.226 e. The average Bonchev–Trinajstić information content (AvgIpc) is 3.14. The summed E-state index contributed by atoms with van der Waals surface area (Å²) in [7, 11) is 0. The molecule has 3 aromatic rings. The van der Waals surface area contributed by atoms with Crippen LogP contribution in [0.3, 0.4) is 0 Å². The second kappa shape index (κ2) is 10.2. The zero-order valence-electron chi connectivity index (χ0n) is 15.4. The van der Waals surface area contributed by atoms with Gasteiger partial charge in [-0.3, -0.25) is 4.79 Å². The number of ether oxygens (including phenoxy) is 1. The van der Waals surface area contributed by atoms with Crippen LogP contribution in [0.15, 0.2) is 56.8 Å². The van der Waals surface area contributed by atoms with Gasteiger partial charge in [-0.25, -0.2) is 4.98 Å². The van der Waals surface area contributed by atoms with Crippen molar-refractivity contribution in [2.75, 3.05) is 11.9 Å². The summed E-state index contributed by atoms with van der Waals surface area (Å²) in [4.78, 5) is 16.7. The number of aryl methyl sites for hydroxylation is 1. The van der Waals surface area contributed by atoms with Crippen LogP contribution in [-0.4, -0.2) is 17.5 Å². The molecule has 1 aromatic heterocycles. The maximum Gasteiger partial charge on any atom is 0.226 e. The fraction of sp³-hybridized carbons (Fsp3) is 0.238. The molecule has 0 fully saturated rings. The van der Waals surface area contributed by atoms with Gasteiger partial charge >= 0.3 is 0 Å². The Morgan fingerprint density at radius 3 is 2.82 bits per heavy atom. The second-order valence-corrected chi connectivity index (χ2v) is 8.79. The fourth-order valence-electron chi connectivity index (χ4n) is 2.59. The molecule has 4 nitrogen and oxygen atoms in total. The van der Waals surface area contributed by atoms with E-state index in [2.05, 4.69) is 61.2 Å². The summed E-state index contributed by atoms with van der Waals surface area (Å²) in [5, 5.41) is 5.42. The topological polar surface area (TPSA) is 51.2 Å². The average molecular weight is 524 g/mol. The van der Waals surface area contributed by atoms with Crippen LogP contribution < -0.4 is 10.1 Å². The minimum atomic E-state index is -0.0564. The van der Waals surface area contributed by atoms with Crippen molar-refractivity contribution < 1.29 is 9.53 Å². The zero-order chi connectivity index (χ0) is 19.9. The molecule has 0 bridgehead atoms. The van der Waals surface area contributed by atoms with E-state index in [9.17, 15) is 4.79 Å². The number of anilines is 1. The quantitative estimate of drug-likeness (QED) is 0.334. The molecule has 0 unspecified atom stereocenters. The van der Waals surface area contributed by atoms with Gasteiger partial charge in [-0.05, 0) is 58.6 Å². The first kappa shape index (κ1) is 21.0. The number of amides is 1. The van der Waals surface area contributed by atoms with Gasteiger partial charge in [0.05, 0.1) is 16.8 Å². The molecule has 0 aliphatic rings. The van der Waals surface area contributed by atoms with Gasteiger partial charge in [0, 0.05) is 21.8 Å². The Kier molecular flexibility index (Phi) is 7.65. The van der Waals surface area contributed by atoms with Crippen molar-refractivity contribution in [1.29, 1.82) is 0 Å². The monoisotopic (exact) mass is 522 g/mol. The Labute approximate surface area is 185 Å². The number of nitrogens with zero attached hydrogens (tertiary/aromatic N) is 1. The Morgan fingerprint density at radius 2 is 2.07 bits per heavy atom. The molecule has 1 N–H and O–H groups in total. The van der Waals surface area contributed by atoms with Crippen molar-refractivity contribution >= 4 is 54.2 Å². The third-order valence-corrected chi connectivity index (χ3v) is 5.95. The molecule has 0 saturated heterocycles. The van der Waals surface area contributed by atoms with Crippen LogP contribution in [0.4, 0.5) is 5.13 Å². The maximum absolute atomic E-state index is 12.2.